The third-order valence-electron chi connectivity index (χ3n) is 8.12. The van der Waals surface area contributed by atoms with Crippen molar-refractivity contribution in [3.63, 3.8) is 0 Å². The van der Waals surface area contributed by atoms with Crippen molar-refractivity contribution in [2.75, 3.05) is 17.2 Å². The highest BCUT2D eigenvalue weighted by molar-refractivity contribution is 6.00. The highest BCUT2D eigenvalue weighted by Gasteiger charge is 2.30. The molecule has 0 radical (unpaired) electrons. The first-order chi connectivity index (χ1) is 21.3. The molecule has 3 aromatic carbocycles. The van der Waals surface area contributed by atoms with E-state index in [1.807, 2.05) is 36.4 Å². The molecule has 220 valence electrons. The number of hydrogen-bond donors (Lipinski definition) is 4. The van der Waals surface area contributed by atoms with Crippen molar-refractivity contribution in [2.24, 2.45) is 4.99 Å². The second-order valence-electron chi connectivity index (χ2n) is 10.8. The Bertz CT molecular complexity index is 1990. The van der Waals surface area contributed by atoms with E-state index in [0.717, 1.165) is 46.3 Å². The summed E-state index contributed by atoms with van der Waals surface area (Å²) >= 11 is 0. The lowest BCUT2D eigenvalue weighted by atomic mass is 10.0. The Morgan fingerprint density at radius 3 is 2.61 bits per heavy atom. The highest BCUT2D eigenvalue weighted by atomic mass is 16.7. The molecule has 1 aromatic heterocycles. The van der Waals surface area contributed by atoms with Gasteiger partial charge < -0.3 is 26.1 Å². The zero-order valence-corrected chi connectivity index (χ0v) is 23.3. The fraction of sp³-hybridized carbons (Fsp3) is 0.194. The van der Waals surface area contributed by atoms with Crippen molar-refractivity contribution in [1.29, 1.82) is 0 Å². The smallest absolute Gasteiger partial charge is 0.270 e. The van der Waals surface area contributed by atoms with Crippen molar-refractivity contribution in [3.8, 4) is 0 Å². The molecule has 3 heterocycles. The molecule has 13 heteroatoms. The van der Waals surface area contributed by atoms with Crippen LogP contribution < -0.4 is 37.6 Å². The zero-order valence-electron chi connectivity index (χ0n) is 23.3. The van der Waals surface area contributed by atoms with E-state index in [9.17, 15) is 19.2 Å². The lowest BCUT2D eigenvalue weighted by molar-refractivity contribution is 0.0931. The van der Waals surface area contributed by atoms with Crippen LogP contribution in [-0.2, 0) is 24.2 Å². The Morgan fingerprint density at radius 1 is 1.02 bits per heavy atom. The summed E-state index contributed by atoms with van der Waals surface area (Å²) in [7, 11) is 0. The Labute approximate surface area is 250 Å². The van der Waals surface area contributed by atoms with Crippen LogP contribution in [0.1, 0.15) is 61.3 Å². The number of anilines is 3. The molecule has 4 aromatic rings. The first-order valence-corrected chi connectivity index (χ1v) is 14.0. The Hall–Kier alpha value is -5.85. The maximum absolute atomic E-state index is 13.1. The van der Waals surface area contributed by atoms with Crippen LogP contribution in [0.5, 0.6) is 0 Å². The zero-order chi connectivity index (χ0) is 30.5. The van der Waals surface area contributed by atoms with Crippen molar-refractivity contribution in [3.05, 3.63) is 121 Å². The minimum absolute atomic E-state index is 0.0221. The number of hydrogen-bond acceptors (Lipinski definition) is 11. The molecule has 0 spiro atoms. The summed E-state index contributed by atoms with van der Waals surface area (Å²) in [5, 5.41) is 5.84. The first kappa shape index (κ1) is 27.0. The summed E-state index contributed by atoms with van der Waals surface area (Å²) < 4.78 is 0. The number of hydroxylamine groups is 1. The van der Waals surface area contributed by atoms with E-state index < -0.39 is 22.7 Å². The van der Waals surface area contributed by atoms with Gasteiger partial charge in [-0.2, -0.15) is 4.99 Å². The van der Waals surface area contributed by atoms with Gasteiger partial charge in [0.25, 0.3) is 22.7 Å². The molecule has 5 N–H and O–H groups in total. The van der Waals surface area contributed by atoms with E-state index in [2.05, 4.69) is 37.7 Å². The molecule has 2 amide bonds. The van der Waals surface area contributed by atoms with Crippen LogP contribution in [0, 0.1) is 0 Å². The van der Waals surface area contributed by atoms with E-state index in [0.29, 0.717) is 24.7 Å². The number of nitrogens with one attached hydrogen (secondary N) is 3. The quantitative estimate of drug-likeness (QED) is 0.230. The first-order valence-electron chi connectivity index (χ1n) is 14.0. The van der Waals surface area contributed by atoms with Crippen LogP contribution in [0.4, 0.5) is 17.1 Å². The molecule has 0 saturated heterocycles. The fourth-order valence-electron chi connectivity index (χ4n) is 5.86. The fourth-order valence-corrected chi connectivity index (χ4v) is 5.86. The molecule has 1 aliphatic carbocycles. The van der Waals surface area contributed by atoms with Crippen LogP contribution >= 0.6 is 0 Å². The minimum atomic E-state index is -0.660. The summed E-state index contributed by atoms with van der Waals surface area (Å²) in [6.07, 6.45) is 3.39. The van der Waals surface area contributed by atoms with Crippen molar-refractivity contribution in [2.45, 2.75) is 31.8 Å². The molecule has 0 fully saturated rings. The summed E-state index contributed by atoms with van der Waals surface area (Å²) in [5.74, 6) is -0.00346. The lowest BCUT2D eigenvalue weighted by Crippen LogP contribution is -2.40. The lowest BCUT2D eigenvalue weighted by Gasteiger charge is -2.22. The van der Waals surface area contributed by atoms with Crippen LogP contribution in [-0.4, -0.2) is 34.2 Å². The van der Waals surface area contributed by atoms with Gasteiger partial charge in [0, 0.05) is 30.4 Å². The molecular weight excluding hydrogens is 564 g/mol. The van der Waals surface area contributed by atoms with Gasteiger partial charge in [0.2, 0.25) is 5.88 Å². The second-order valence-corrected chi connectivity index (χ2v) is 10.8. The number of aliphatic imine (C=N–C) groups is 1. The Balaban J connectivity index is 0.999. The molecule has 0 unspecified atom stereocenters. The molecular formula is C31H26N8O5. The van der Waals surface area contributed by atoms with Gasteiger partial charge in [0.05, 0.1) is 6.04 Å². The number of nitrogens with zero attached hydrogens (tertiary/aromatic N) is 4. The average Bonchev–Trinajstić information content (AvgIpc) is 3.78. The molecule has 0 saturated carbocycles. The predicted octanol–water partition coefficient (Wildman–Crippen LogP) is 1.45. The normalized spacial score (nSPS) is 16.6. The van der Waals surface area contributed by atoms with Crippen LogP contribution in [0.15, 0.2) is 75.8 Å². The van der Waals surface area contributed by atoms with Crippen LogP contribution in [0.2, 0.25) is 0 Å². The molecule has 7 rings (SSSR count). The number of amides is 2. The van der Waals surface area contributed by atoms with Crippen molar-refractivity contribution < 1.29 is 14.4 Å². The largest absolute Gasteiger partial charge is 0.394 e. The number of nitrogens with two attached hydrogens (primary N) is 1. The van der Waals surface area contributed by atoms with Gasteiger partial charge in [-0.1, -0.05) is 24.3 Å². The van der Waals surface area contributed by atoms with E-state index in [1.54, 1.807) is 4.90 Å². The number of nitrogen functional groups attached to an aromatic ring is 1. The monoisotopic (exact) mass is 590 g/mol. The molecule has 3 aliphatic rings. The highest BCUT2D eigenvalue weighted by Crippen LogP contribution is 2.36. The third-order valence-corrected chi connectivity index (χ3v) is 8.12. The molecule has 1 atom stereocenters. The van der Waals surface area contributed by atoms with Gasteiger partial charge >= 0.3 is 0 Å². The van der Waals surface area contributed by atoms with Gasteiger partial charge in [-0.15, -0.1) is 0 Å². The molecule has 0 bridgehead atoms. The number of fused-ring (bicyclic) bond motifs is 2. The number of carbonyl (C=O) groups excluding carboxylic acids is 2. The van der Waals surface area contributed by atoms with E-state index in [4.69, 9.17) is 10.6 Å². The standard InChI is InChI=1S/C31H26N8O5/c1-15-36-29(38-44-15)19-4-6-20-18(11-19)5-7-21(20)37-31(43)23-12-22(34-14-35-23)30(42)33-13-16-2-3-17-8-9-39(24(17)10-16)26-25(32)27(40)28(26)41/h2-4,6,10-12,14,21H,1,5,7-9,13,32H2,(H,33,42)(H,36,38)(H,37,43)/t21-/m0/s1. The SMILES string of the molecule is C=C1N=C(c2ccc3c(c2)CC[C@@H]3NC(=O)c2cc(C(=O)NCc3ccc4c(c3)N(c3c(N)c(=O)c3=O)CC4)ncn2)NO1. The number of rotatable bonds is 7. The van der Waals surface area contributed by atoms with E-state index in [-0.39, 0.29) is 35.3 Å². The van der Waals surface area contributed by atoms with Gasteiger partial charge in [-0.3, -0.25) is 19.2 Å². The summed E-state index contributed by atoms with van der Waals surface area (Å²) in [4.78, 5) is 69.0. The second kappa shape index (κ2) is 10.5. The van der Waals surface area contributed by atoms with Gasteiger partial charge in [0.1, 0.15) is 29.1 Å². The minimum Gasteiger partial charge on any atom is -0.394 e. The number of benzene rings is 2. The summed E-state index contributed by atoms with van der Waals surface area (Å²) in [6, 6.07) is 12.7. The predicted molar refractivity (Wildman–Crippen MR) is 161 cm³/mol. The van der Waals surface area contributed by atoms with Crippen molar-refractivity contribution in [1.82, 2.24) is 26.1 Å². The van der Waals surface area contributed by atoms with Crippen LogP contribution in [0.3, 0.4) is 0 Å². The maximum Gasteiger partial charge on any atom is 0.270 e. The van der Waals surface area contributed by atoms with Gasteiger partial charge in [-0.25, -0.2) is 15.4 Å². The topological polar surface area (TPSA) is 181 Å². The summed E-state index contributed by atoms with van der Waals surface area (Å²) in [6.45, 7) is 4.38. The number of aromatic nitrogens is 2. The molecule has 13 nitrogen and oxygen atoms in total. The number of carbonyl (C=O) groups is 2. The van der Waals surface area contributed by atoms with Crippen molar-refractivity contribution >= 4 is 34.7 Å². The molecule has 2 aliphatic heterocycles. The third kappa shape index (κ3) is 4.64. The van der Waals surface area contributed by atoms with Crippen LogP contribution in [0.25, 0.3) is 0 Å². The van der Waals surface area contributed by atoms with Gasteiger partial charge in [0.15, 0.2) is 5.84 Å². The Morgan fingerprint density at radius 2 is 1.84 bits per heavy atom. The van der Waals surface area contributed by atoms with E-state index in [1.165, 1.54) is 12.4 Å². The molecule has 44 heavy (non-hydrogen) atoms. The number of amidine groups is 1. The average molecular weight is 591 g/mol. The van der Waals surface area contributed by atoms with E-state index >= 15 is 0 Å². The maximum atomic E-state index is 13.1. The summed E-state index contributed by atoms with van der Waals surface area (Å²) in [5.41, 5.74) is 13.2. The van der Waals surface area contributed by atoms with Gasteiger partial charge in [-0.05, 0) is 60.2 Å². The Kier molecular flexibility index (Phi) is 6.42. The number of aryl methyl sites for hydroxylation is 1.